The molecule has 0 radical (unpaired) electrons. The number of amides is 1. The third-order valence-corrected chi connectivity index (χ3v) is 3.31. The summed E-state index contributed by atoms with van der Waals surface area (Å²) >= 11 is 0. The van der Waals surface area contributed by atoms with E-state index in [2.05, 4.69) is 0 Å². The van der Waals surface area contributed by atoms with Crippen molar-refractivity contribution in [2.24, 2.45) is 0 Å². The third-order valence-electron chi connectivity index (χ3n) is 3.31. The largest absolute Gasteiger partial charge is 0.494 e. The molecule has 0 aromatic heterocycles. The van der Waals surface area contributed by atoms with Gasteiger partial charge in [0.05, 0.1) is 6.61 Å². The SMILES string of the molecule is CN(Cc1ccccc1)C(=O)CCCOc1ccc(F)cc1. The van der Waals surface area contributed by atoms with Gasteiger partial charge in [-0.1, -0.05) is 30.3 Å². The second-order valence-electron chi connectivity index (χ2n) is 5.14. The first-order valence-corrected chi connectivity index (χ1v) is 7.31. The standard InChI is InChI=1S/C18H20FNO2/c1-20(14-15-6-3-2-4-7-15)18(21)8-5-13-22-17-11-9-16(19)10-12-17/h2-4,6-7,9-12H,5,8,13-14H2,1H3. The van der Waals surface area contributed by atoms with Gasteiger partial charge in [0.15, 0.2) is 0 Å². The first-order valence-electron chi connectivity index (χ1n) is 7.31. The summed E-state index contributed by atoms with van der Waals surface area (Å²) in [7, 11) is 1.80. The van der Waals surface area contributed by atoms with Crippen molar-refractivity contribution in [2.75, 3.05) is 13.7 Å². The van der Waals surface area contributed by atoms with Crippen molar-refractivity contribution in [1.82, 2.24) is 4.90 Å². The molecule has 2 rings (SSSR count). The molecule has 0 fully saturated rings. The van der Waals surface area contributed by atoms with Crippen molar-refractivity contribution in [3.63, 3.8) is 0 Å². The lowest BCUT2D eigenvalue weighted by Gasteiger charge is -2.17. The Labute approximate surface area is 130 Å². The average Bonchev–Trinajstić information content (AvgIpc) is 2.54. The van der Waals surface area contributed by atoms with Crippen LogP contribution in [0, 0.1) is 5.82 Å². The van der Waals surface area contributed by atoms with Gasteiger partial charge in [-0.2, -0.15) is 0 Å². The van der Waals surface area contributed by atoms with Gasteiger partial charge in [-0.3, -0.25) is 4.79 Å². The zero-order chi connectivity index (χ0) is 15.8. The van der Waals surface area contributed by atoms with Crippen molar-refractivity contribution in [3.8, 4) is 5.75 Å². The number of benzene rings is 2. The van der Waals surface area contributed by atoms with E-state index in [0.29, 0.717) is 31.7 Å². The summed E-state index contributed by atoms with van der Waals surface area (Å²) in [5, 5.41) is 0. The molecule has 4 heteroatoms. The lowest BCUT2D eigenvalue weighted by molar-refractivity contribution is -0.130. The number of ether oxygens (including phenoxy) is 1. The minimum absolute atomic E-state index is 0.0894. The molecule has 0 aliphatic heterocycles. The van der Waals surface area contributed by atoms with Crippen LogP contribution in [-0.2, 0) is 11.3 Å². The Morgan fingerprint density at radius 3 is 2.45 bits per heavy atom. The Kier molecular flexibility index (Phi) is 5.95. The Bertz CT molecular complexity index is 584. The highest BCUT2D eigenvalue weighted by Gasteiger charge is 2.08. The number of hydrogen-bond donors (Lipinski definition) is 0. The maximum atomic E-state index is 12.7. The molecule has 2 aromatic carbocycles. The first kappa shape index (κ1) is 16.0. The van der Waals surface area contributed by atoms with Crippen molar-refractivity contribution >= 4 is 5.91 Å². The maximum absolute atomic E-state index is 12.7. The van der Waals surface area contributed by atoms with E-state index >= 15 is 0 Å². The van der Waals surface area contributed by atoms with E-state index in [1.807, 2.05) is 30.3 Å². The van der Waals surface area contributed by atoms with E-state index < -0.39 is 0 Å². The lowest BCUT2D eigenvalue weighted by atomic mass is 10.2. The number of carbonyl (C=O) groups is 1. The molecule has 22 heavy (non-hydrogen) atoms. The monoisotopic (exact) mass is 301 g/mol. The molecule has 0 atom stereocenters. The van der Waals surface area contributed by atoms with Gasteiger partial charge in [0.2, 0.25) is 5.91 Å². The van der Waals surface area contributed by atoms with Crippen LogP contribution in [0.3, 0.4) is 0 Å². The van der Waals surface area contributed by atoms with Crippen LogP contribution in [0.25, 0.3) is 0 Å². The Hall–Kier alpha value is -2.36. The topological polar surface area (TPSA) is 29.5 Å². The fourth-order valence-corrected chi connectivity index (χ4v) is 2.08. The minimum Gasteiger partial charge on any atom is -0.494 e. The van der Waals surface area contributed by atoms with E-state index in [0.717, 1.165) is 5.56 Å². The van der Waals surface area contributed by atoms with Gasteiger partial charge < -0.3 is 9.64 Å². The molecule has 1 amide bonds. The Morgan fingerprint density at radius 1 is 1.09 bits per heavy atom. The third kappa shape index (κ3) is 5.20. The van der Waals surface area contributed by atoms with Crippen molar-refractivity contribution in [3.05, 3.63) is 66.0 Å². The first-order chi connectivity index (χ1) is 10.6. The summed E-state index contributed by atoms with van der Waals surface area (Å²) in [6, 6.07) is 15.8. The van der Waals surface area contributed by atoms with Crippen LogP contribution >= 0.6 is 0 Å². The zero-order valence-corrected chi connectivity index (χ0v) is 12.7. The second kappa shape index (κ2) is 8.17. The Balaban J connectivity index is 1.67. The van der Waals surface area contributed by atoms with Gasteiger partial charge in [-0.05, 0) is 36.2 Å². The van der Waals surface area contributed by atoms with Gasteiger partial charge in [-0.25, -0.2) is 4.39 Å². The molecule has 0 aliphatic rings. The van der Waals surface area contributed by atoms with Crippen molar-refractivity contribution < 1.29 is 13.9 Å². The van der Waals surface area contributed by atoms with Crippen LogP contribution < -0.4 is 4.74 Å². The number of rotatable bonds is 7. The van der Waals surface area contributed by atoms with E-state index in [1.54, 1.807) is 24.1 Å². The highest BCUT2D eigenvalue weighted by atomic mass is 19.1. The lowest BCUT2D eigenvalue weighted by Crippen LogP contribution is -2.26. The smallest absolute Gasteiger partial charge is 0.222 e. The molecule has 0 saturated heterocycles. The van der Waals surface area contributed by atoms with Gasteiger partial charge in [0.25, 0.3) is 0 Å². The fourth-order valence-electron chi connectivity index (χ4n) is 2.08. The van der Waals surface area contributed by atoms with E-state index in [1.165, 1.54) is 12.1 Å². The van der Waals surface area contributed by atoms with Crippen LogP contribution in [0.15, 0.2) is 54.6 Å². The van der Waals surface area contributed by atoms with Crippen LogP contribution in [0.5, 0.6) is 5.75 Å². The average molecular weight is 301 g/mol. The van der Waals surface area contributed by atoms with Crippen LogP contribution in [0.4, 0.5) is 4.39 Å². The van der Waals surface area contributed by atoms with Crippen molar-refractivity contribution in [1.29, 1.82) is 0 Å². The number of nitrogens with zero attached hydrogens (tertiary/aromatic N) is 1. The molecular formula is C18H20FNO2. The zero-order valence-electron chi connectivity index (χ0n) is 12.7. The molecule has 0 unspecified atom stereocenters. The molecule has 0 bridgehead atoms. The highest BCUT2D eigenvalue weighted by Crippen LogP contribution is 2.12. The van der Waals surface area contributed by atoms with Gasteiger partial charge >= 0.3 is 0 Å². The van der Waals surface area contributed by atoms with E-state index in [4.69, 9.17) is 4.74 Å². The van der Waals surface area contributed by atoms with Gasteiger partial charge in [0, 0.05) is 20.0 Å². The second-order valence-corrected chi connectivity index (χ2v) is 5.14. The van der Waals surface area contributed by atoms with E-state index in [-0.39, 0.29) is 11.7 Å². The predicted octanol–water partition coefficient (Wildman–Crippen LogP) is 3.64. The van der Waals surface area contributed by atoms with Crippen molar-refractivity contribution in [2.45, 2.75) is 19.4 Å². The maximum Gasteiger partial charge on any atom is 0.222 e. The van der Waals surface area contributed by atoms with Gasteiger partial charge in [0.1, 0.15) is 11.6 Å². The molecule has 0 saturated carbocycles. The highest BCUT2D eigenvalue weighted by molar-refractivity contribution is 5.75. The summed E-state index contributed by atoms with van der Waals surface area (Å²) < 4.78 is 18.2. The normalized spacial score (nSPS) is 10.3. The fraction of sp³-hybridized carbons (Fsp3) is 0.278. The van der Waals surface area contributed by atoms with Crippen LogP contribution in [0.1, 0.15) is 18.4 Å². The van der Waals surface area contributed by atoms with Crippen LogP contribution in [-0.4, -0.2) is 24.5 Å². The molecule has 0 heterocycles. The summed E-state index contributed by atoms with van der Waals surface area (Å²) in [4.78, 5) is 13.7. The Morgan fingerprint density at radius 2 is 1.77 bits per heavy atom. The van der Waals surface area contributed by atoms with Gasteiger partial charge in [-0.15, -0.1) is 0 Å². The molecule has 2 aromatic rings. The van der Waals surface area contributed by atoms with E-state index in [9.17, 15) is 9.18 Å². The number of halogens is 1. The van der Waals surface area contributed by atoms with Crippen LogP contribution in [0.2, 0.25) is 0 Å². The molecule has 3 nitrogen and oxygen atoms in total. The number of carbonyl (C=O) groups excluding carboxylic acids is 1. The summed E-state index contributed by atoms with van der Waals surface area (Å²) in [5.74, 6) is 0.420. The predicted molar refractivity (Wildman–Crippen MR) is 84.0 cm³/mol. The minimum atomic E-state index is -0.287. The summed E-state index contributed by atoms with van der Waals surface area (Å²) in [6.07, 6.45) is 1.07. The summed E-state index contributed by atoms with van der Waals surface area (Å²) in [6.45, 7) is 1.05. The molecular weight excluding hydrogens is 281 g/mol. The molecule has 0 spiro atoms. The quantitative estimate of drug-likeness (QED) is 0.731. The molecule has 116 valence electrons. The summed E-state index contributed by atoms with van der Waals surface area (Å²) in [5.41, 5.74) is 1.11. The molecule has 0 aliphatic carbocycles. The number of hydrogen-bond acceptors (Lipinski definition) is 2. The molecule has 0 N–H and O–H groups in total.